The number of aliphatic carboxylic acids is 1. The van der Waals surface area contributed by atoms with Gasteiger partial charge >= 0.3 is 5.97 Å². The van der Waals surface area contributed by atoms with Crippen LogP contribution in [0.3, 0.4) is 0 Å². The number of aromatic amines is 1. The number of carbonyl (C=O) groups excluding carboxylic acids is 2. The fourth-order valence-corrected chi connectivity index (χ4v) is 3.33. The third-order valence-electron chi connectivity index (χ3n) is 5.23. The molecule has 32 heavy (non-hydrogen) atoms. The Labute approximate surface area is 185 Å². The minimum atomic E-state index is -1.14. The smallest absolute Gasteiger partial charge is 0.326 e. The second-order valence-electron chi connectivity index (χ2n) is 7.47. The number of hydrogen-bond donors (Lipinski definition) is 4. The summed E-state index contributed by atoms with van der Waals surface area (Å²) in [5.41, 5.74) is 1.46. The maximum atomic E-state index is 12.5. The molecular formula is C23H26N4O5. The zero-order valence-electron chi connectivity index (χ0n) is 17.9. The molecule has 0 unspecified atom stereocenters. The van der Waals surface area contributed by atoms with Crippen LogP contribution in [0, 0.1) is 0 Å². The van der Waals surface area contributed by atoms with Crippen molar-refractivity contribution in [2.45, 2.75) is 31.7 Å². The number of hydrogen-bond acceptors (Lipinski definition) is 5. The summed E-state index contributed by atoms with van der Waals surface area (Å²) >= 11 is 0. The Kier molecular flexibility index (Phi) is 7.43. The number of rotatable bonds is 10. The van der Waals surface area contributed by atoms with Crippen molar-refractivity contribution in [1.29, 1.82) is 0 Å². The normalized spacial score (nSPS) is 12.7. The molecule has 3 rings (SSSR count). The lowest BCUT2D eigenvalue weighted by Gasteiger charge is -2.15. The molecule has 2 aromatic carbocycles. The fourth-order valence-electron chi connectivity index (χ4n) is 3.33. The van der Waals surface area contributed by atoms with E-state index in [0.29, 0.717) is 5.69 Å². The number of fused-ring (bicyclic) bond motifs is 1. The molecule has 0 spiro atoms. The van der Waals surface area contributed by atoms with Gasteiger partial charge in [0.2, 0.25) is 11.8 Å². The van der Waals surface area contributed by atoms with Crippen LogP contribution in [0.2, 0.25) is 0 Å². The van der Waals surface area contributed by atoms with Gasteiger partial charge in [-0.1, -0.05) is 24.3 Å². The highest BCUT2D eigenvalue weighted by Crippen LogP contribution is 2.25. The van der Waals surface area contributed by atoms with Crippen molar-refractivity contribution in [3.63, 3.8) is 0 Å². The van der Waals surface area contributed by atoms with Gasteiger partial charge in [0.1, 0.15) is 11.8 Å². The van der Waals surface area contributed by atoms with E-state index in [9.17, 15) is 19.5 Å². The van der Waals surface area contributed by atoms with Crippen LogP contribution in [0.25, 0.3) is 10.8 Å². The lowest BCUT2D eigenvalue weighted by Crippen LogP contribution is -2.43. The summed E-state index contributed by atoms with van der Waals surface area (Å²) < 4.78 is 5.23. The van der Waals surface area contributed by atoms with Crippen LogP contribution in [-0.2, 0) is 20.8 Å². The number of methoxy groups -OCH3 is 1. The number of carboxylic acids is 1. The number of nitrogens with zero attached hydrogens (tertiary/aromatic N) is 1. The van der Waals surface area contributed by atoms with Gasteiger partial charge < -0.3 is 25.5 Å². The van der Waals surface area contributed by atoms with E-state index < -0.39 is 23.8 Å². The highest BCUT2D eigenvalue weighted by Gasteiger charge is 2.21. The van der Waals surface area contributed by atoms with Crippen molar-refractivity contribution in [3.8, 4) is 5.75 Å². The molecule has 0 aliphatic carbocycles. The molecule has 0 aliphatic rings. The lowest BCUT2D eigenvalue weighted by molar-refractivity contribution is -0.141. The Morgan fingerprint density at radius 1 is 1.16 bits per heavy atom. The highest BCUT2D eigenvalue weighted by atomic mass is 16.5. The first-order chi connectivity index (χ1) is 15.4. The van der Waals surface area contributed by atoms with Gasteiger partial charge in [-0.25, -0.2) is 9.78 Å². The second kappa shape index (κ2) is 10.4. The van der Waals surface area contributed by atoms with E-state index in [1.54, 1.807) is 14.0 Å². The van der Waals surface area contributed by atoms with Gasteiger partial charge in [-0.2, -0.15) is 0 Å². The number of carboxylic acid groups (broad SMARTS) is 1. The minimum Gasteiger partial charge on any atom is -0.497 e. The van der Waals surface area contributed by atoms with Gasteiger partial charge in [0.25, 0.3) is 0 Å². The van der Waals surface area contributed by atoms with Crippen LogP contribution in [0.15, 0.2) is 48.9 Å². The van der Waals surface area contributed by atoms with Crippen molar-refractivity contribution in [2.24, 2.45) is 0 Å². The molecule has 0 aliphatic heterocycles. The molecule has 1 heterocycles. The predicted octanol–water partition coefficient (Wildman–Crippen LogP) is 1.99. The molecule has 2 amide bonds. The Bertz CT molecular complexity index is 1100. The molecule has 0 fully saturated rings. The van der Waals surface area contributed by atoms with Gasteiger partial charge in [0.15, 0.2) is 0 Å². The molecule has 1 aromatic heterocycles. The molecule has 9 nitrogen and oxygen atoms in total. The fraction of sp³-hybridized carbons (Fsp3) is 0.304. The zero-order chi connectivity index (χ0) is 23.1. The average Bonchev–Trinajstić information content (AvgIpc) is 3.30. The maximum absolute atomic E-state index is 12.5. The number of ether oxygens (including phenoxy) is 1. The third-order valence-corrected chi connectivity index (χ3v) is 5.23. The summed E-state index contributed by atoms with van der Waals surface area (Å²) in [4.78, 5) is 42.7. The quantitative estimate of drug-likeness (QED) is 0.383. The highest BCUT2D eigenvalue weighted by molar-refractivity contribution is 5.89. The van der Waals surface area contributed by atoms with E-state index in [-0.39, 0.29) is 25.3 Å². The van der Waals surface area contributed by atoms with Crippen LogP contribution in [0.5, 0.6) is 5.75 Å². The second-order valence-corrected chi connectivity index (χ2v) is 7.47. The van der Waals surface area contributed by atoms with E-state index in [4.69, 9.17) is 4.74 Å². The van der Waals surface area contributed by atoms with E-state index in [1.165, 1.54) is 12.5 Å². The minimum absolute atomic E-state index is 0.0251. The molecule has 0 radical (unpaired) electrons. The van der Waals surface area contributed by atoms with Crippen LogP contribution < -0.4 is 15.4 Å². The van der Waals surface area contributed by atoms with Crippen molar-refractivity contribution in [3.05, 3.63) is 60.2 Å². The SMILES string of the molecule is COc1ccc2cc([C@H](C)C(=O)NCCC(=O)N[C@@H](Cc3cnc[nH]3)C(=O)O)ccc2c1. The molecule has 0 bridgehead atoms. The summed E-state index contributed by atoms with van der Waals surface area (Å²) in [6.45, 7) is 1.90. The van der Waals surface area contributed by atoms with Crippen molar-refractivity contribution < 1.29 is 24.2 Å². The number of amides is 2. The molecule has 168 valence electrons. The maximum Gasteiger partial charge on any atom is 0.326 e. The molecule has 9 heteroatoms. The van der Waals surface area contributed by atoms with Crippen LogP contribution in [0.4, 0.5) is 0 Å². The van der Waals surface area contributed by atoms with Gasteiger partial charge in [-0.3, -0.25) is 9.59 Å². The van der Waals surface area contributed by atoms with Crippen molar-refractivity contribution in [1.82, 2.24) is 20.6 Å². The molecule has 0 saturated heterocycles. The number of nitrogens with one attached hydrogen (secondary N) is 3. The Balaban J connectivity index is 1.50. The van der Waals surface area contributed by atoms with Crippen LogP contribution in [-0.4, -0.2) is 52.6 Å². The number of H-pyrrole nitrogens is 1. The van der Waals surface area contributed by atoms with Crippen molar-refractivity contribution in [2.75, 3.05) is 13.7 Å². The van der Waals surface area contributed by atoms with Gasteiger partial charge in [0.05, 0.1) is 19.4 Å². The molecule has 4 N–H and O–H groups in total. The van der Waals surface area contributed by atoms with E-state index in [2.05, 4.69) is 20.6 Å². The van der Waals surface area contributed by atoms with E-state index in [0.717, 1.165) is 22.1 Å². The molecule has 3 aromatic rings. The Morgan fingerprint density at radius 2 is 1.91 bits per heavy atom. The number of carbonyl (C=O) groups is 3. The first-order valence-electron chi connectivity index (χ1n) is 10.2. The van der Waals surface area contributed by atoms with Gasteiger partial charge in [0, 0.05) is 31.3 Å². The molecule has 2 atom stereocenters. The number of aromatic nitrogens is 2. The Hall–Kier alpha value is -3.88. The average molecular weight is 438 g/mol. The monoisotopic (exact) mass is 438 g/mol. The summed E-state index contributed by atoms with van der Waals surface area (Å²) in [6.07, 6.45) is 3.02. The summed E-state index contributed by atoms with van der Waals surface area (Å²) in [5, 5.41) is 16.5. The summed E-state index contributed by atoms with van der Waals surface area (Å²) in [7, 11) is 1.61. The van der Waals surface area contributed by atoms with Crippen molar-refractivity contribution >= 4 is 28.6 Å². The zero-order valence-corrected chi connectivity index (χ0v) is 17.9. The number of imidazole rings is 1. The van der Waals surface area contributed by atoms with Crippen LogP contribution in [0.1, 0.15) is 30.5 Å². The molecule has 0 saturated carbocycles. The first kappa shape index (κ1) is 22.8. The lowest BCUT2D eigenvalue weighted by atomic mass is 9.97. The van der Waals surface area contributed by atoms with Crippen LogP contribution >= 0.6 is 0 Å². The largest absolute Gasteiger partial charge is 0.497 e. The standard InChI is InChI=1S/C23H26N4O5/c1-14(15-3-4-17-10-19(32-2)6-5-16(17)9-15)22(29)25-8-7-21(28)27-20(23(30)31)11-18-12-24-13-26-18/h3-6,9-10,12-14,20H,7-8,11H2,1-2H3,(H,24,26)(H,25,29)(H,27,28)(H,30,31)/t14-,20-/m0/s1. The summed E-state index contributed by atoms with van der Waals surface area (Å²) in [5.74, 6) is -1.44. The topological polar surface area (TPSA) is 133 Å². The Morgan fingerprint density at radius 3 is 2.59 bits per heavy atom. The third kappa shape index (κ3) is 5.84. The van der Waals surface area contributed by atoms with Gasteiger partial charge in [-0.05, 0) is 35.4 Å². The molecular weight excluding hydrogens is 412 g/mol. The van der Waals surface area contributed by atoms with E-state index in [1.807, 2.05) is 36.4 Å². The number of benzene rings is 2. The van der Waals surface area contributed by atoms with Gasteiger partial charge in [-0.15, -0.1) is 0 Å². The van der Waals surface area contributed by atoms with E-state index >= 15 is 0 Å². The predicted molar refractivity (Wildman–Crippen MR) is 118 cm³/mol. The summed E-state index contributed by atoms with van der Waals surface area (Å²) in [6, 6.07) is 10.5. The first-order valence-corrected chi connectivity index (χ1v) is 10.2.